The van der Waals surface area contributed by atoms with E-state index in [4.69, 9.17) is 4.74 Å². The Labute approximate surface area is 129 Å². The van der Waals surface area contributed by atoms with Crippen molar-refractivity contribution in [3.05, 3.63) is 38.8 Å². The van der Waals surface area contributed by atoms with Crippen molar-refractivity contribution in [2.75, 3.05) is 19.7 Å². The molecule has 0 radical (unpaired) electrons. The van der Waals surface area contributed by atoms with Crippen molar-refractivity contribution >= 4 is 11.3 Å². The maximum absolute atomic E-state index is 5.61. The fourth-order valence-electron chi connectivity index (χ4n) is 3.46. The average molecular weight is 303 g/mol. The van der Waals surface area contributed by atoms with Crippen LogP contribution in [0.1, 0.15) is 39.0 Å². The summed E-state index contributed by atoms with van der Waals surface area (Å²) in [5, 5.41) is 7.82. The lowest BCUT2D eigenvalue weighted by Crippen LogP contribution is -2.19. The smallest absolute Gasteiger partial charge is 0.0753 e. The minimum atomic E-state index is 0.563. The maximum Gasteiger partial charge on any atom is 0.0753 e. The Bertz CT molecular complexity index is 633. The van der Waals surface area contributed by atoms with Crippen molar-refractivity contribution < 1.29 is 4.74 Å². The van der Waals surface area contributed by atoms with E-state index in [0.29, 0.717) is 5.92 Å². The number of aromatic nitrogens is 2. The zero-order valence-corrected chi connectivity index (χ0v) is 13.2. The number of aromatic amines is 1. The van der Waals surface area contributed by atoms with Crippen LogP contribution >= 0.6 is 11.3 Å². The second-order valence-electron chi connectivity index (χ2n) is 6.10. The molecule has 4 rings (SSSR count). The molecule has 21 heavy (non-hydrogen) atoms. The molecule has 2 aliphatic heterocycles. The first kappa shape index (κ1) is 13.5. The summed E-state index contributed by atoms with van der Waals surface area (Å²) in [6, 6.07) is 4.48. The van der Waals surface area contributed by atoms with Crippen molar-refractivity contribution in [3.63, 3.8) is 0 Å². The van der Waals surface area contributed by atoms with Crippen molar-refractivity contribution in [2.45, 2.75) is 38.8 Å². The normalized spacial score (nSPS) is 22.6. The Morgan fingerprint density at radius 2 is 2.43 bits per heavy atom. The molecule has 0 spiro atoms. The van der Waals surface area contributed by atoms with Crippen LogP contribution in [-0.2, 0) is 24.3 Å². The third-order valence-corrected chi connectivity index (χ3v) is 5.55. The van der Waals surface area contributed by atoms with E-state index in [9.17, 15) is 0 Å². The van der Waals surface area contributed by atoms with Gasteiger partial charge in [0.25, 0.3) is 0 Å². The van der Waals surface area contributed by atoms with Crippen molar-refractivity contribution in [1.29, 1.82) is 0 Å². The quantitative estimate of drug-likeness (QED) is 0.948. The lowest BCUT2D eigenvalue weighted by molar-refractivity contribution is 0.109. The van der Waals surface area contributed by atoms with Gasteiger partial charge in [0.1, 0.15) is 0 Å². The topological polar surface area (TPSA) is 41.2 Å². The minimum Gasteiger partial charge on any atom is -0.376 e. The molecule has 2 aromatic heterocycles. The Morgan fingerprint density at radius 1 is 1.48 bits per heavy atom. The summed E-state index contributed by atoms with van der Waals surface area (Å²) >= 11 is 1.91. The van der Waals surface area contributed by atoms with Crippen molar-refractivity contribution in [3.8, 4) is 0 Å². The molecule has 0 aromatic carbocycles. The summed E-state index contributed by atoms with van der Waals surface area (Å²) in [5.41, 5.74) is 3.89. The average Bonchev–Trinajstić information content (AvgIpc) is 3.19. The zero-order chi connectivity index (χ0) is 14.2. The van der Waals surface area contributed by atoms with Gasteiger partial charge >= 0.3 is 0 Å². The third kappa shape index (κ3) is 2.65. The number of aryl methyl sites for hydroxylation is 1. The fraction of sp³-hybridized carbons (Fsp3) is 0.562. The minimum absolute atomic E-state index is 0.563. The molecular weight excluding hydrogens is 282 g/mol. The van der Waals surface area contributed by atoms with Gasteiger partial charge in [-0.2, -0.15) is 5.10 Å². The van der Waals surface area contributed by atoms with Crippen molar-refractivity contribution in [1.82, 2.24) is 15.1 Å². The second kappa shape index (κ2) is 5.55. The van der Waals surface area contributed by atoms with Crippen LogP contribution in [0.3, 0.4) is 0 Å². The molecule has 1 saturated heterocycles. The molecule has 1 N–H and O–H groups in total. The van der Waals surface area contributed by atoms with Gasteiger partial charge < -0.3 is 4.74 Å². The van der Waals surface area contributed by atoms with Crippen LogP contribution in [0.2, 0.25) is 0 Å². The van der Waals surface area contributed by atoms with Gasteiger partial charge in [0.15, 0.2) is 0 Å². The standard InChI is InChI=1S/C16H21N3OS/c1-11-2-3-13(21-11)9-19-6-4-12(8-19)16-14-10-20-7-5-15(14)17-18-16/h2-3,12H,4-10H2,1H3,(H,17,18). The van der Waals surface area contributed by atoms with Crippen LogP contribution in [0, 0.1) is 6.92 Å². The molecule has 2 aromatic rings. The SMILES string of the molecule is Cc1ccc(CN2CCC(c3n[nH]c4c3COCC4)C2)s1. The molecule has 112 valence electrons. The first-order valence-electron chi connectivity index (χ1n) is 7.71. The summed E-state index contributed by atoms with van der Waals surface area (Å²) in [6.07, 6.45) is 2.19. The molecule has 4 nitrogen and oxygen atoms in total. The number of fused-ring (bicyclic) bond motifs is 1. The number of ether oxygens (including phenoxy) is 1. The van der Waals surface area contributed by atoms with Gasteiger partial charge in [0, 0.05) is 46.4 Å². The van der Waals surface area contributed by atoms with Crippen LogP contribution in [0.25, 0.3) is 0 Å². The lowest BCUT2D eigenvalue weighted by Gasteiger charge is -2.16. The van der Waals surface area contributed by atoms with Gasteiger partial charge in [0.05, 0.1) is 18.9 Å². The van der Waals surface area contributed by atoms with E-state index in [0.717, 1.165) is 32.7 Å². The summed E-state index contributed by atoms with van der Waals surface area (Å²) in [6.45, 7) is 7.11. The highest BCUT2D eigenvalue weighted by atomic mass is 32.1. The lowest BCUT2D eigenvalue weighted by atomic mass is 9.98. The molecule has 0 saturated carbocycles. The summed E-state index contributed by atoms with van der Waals surface area (Å²) < 4.78 is 5.61. The number of hydrogen-bond acceptors (Lipinski definition) is 4. The van der Waals surface area contributed by atoms with E-state index >= 15 is 0 Å². The zero-order valence-electron chi connectivity index (χ0n) is 12.4. The fourth-order valence-corrected chi connectivity index (χ4v) is 4.39. The molecule has 5 heteroatoms. The first-order valence-corrected chi connectivity index (χ1v) is 8.52. The number of H-pyrrole nitrogens is 1. The Kier molecular flexibility index (Phi) is 3.57. The number of thiophene rings is 1. The van der Waals surface area contributed by atoms with E-state index in [2.05, 4.69) is 34.2 Å². The van der Waals surface area contributed by atoms with Gasteiger partial charge in [-0.15, -0.1) is 11.3 Å². The molecule has 1 unspecified atom stereocenters. The van der Waals surface area contributed by atoms with Crippen LogP contribution in [0.5, 0.6) is 0 Å². The molecule has 0 amide bonds. The van der Waals surface area contributed by atoms with Gasteiger partial charge in [0.2, 0.25) is 0 Å². The van der Waals surface area contributed by atoms with Crippen LogP contribution < -0.4 is 0 Å². The molecular formula is C16H21N3OS. The van der Waals surface area contributed by atoms with Gasteiger partial charge in [-0.1, -0.05) is 0 Å². The number of rotatable bonds is 3. The van der Waals surface area contributed by atoms with Crippen LogP contribution in [-0.4, -0.2) is 34.8 Å². The van der Waals surface area contributed by atoms with Gasteiger partial charge in [-0.3, -0.25) is 10.00 Å². The van der Waals surface area contributed by atoms with Gasteiger partial charge in [-0.05, 0) is 32.0 Å². The molecule has 1 atom stereocenters. The van der Waals surface area contributed by atoms with E-state index < -0.39 is 0 Å². The number of nitrogens with zero attached hydrogens (tertiary/aromatic N) is 2. The summed E-state index contributed by atoms with van der Waals surface area (Å²) in [5.74, 6) is 0.563. The summed E-state index contributed by atoms with van der Waals surface area (Å²) in [7, 11) is 0. The first-order chi connectivity index (χ1) is 10.3. The van der Waals surface area contributed by atoms with E-state index in [1.54, 1.807) is 0 Å². The van der Waals surface area contributed by atoms with E-state index in [1.165, 1.54) is 39.7 Å². The van der Waals surface area contributed by atoms with Crippen LogP contribution in [0.15, 0.2) is 12.1 Å². The van der Waals surface area contributed by atoms with Gasteiger partial charge in [-0.25, -0.2) is 0 Å². The predicted octanol–water partition coefficient (Wildman–Crippen LogP) is 2.84. The summed E-state index contributed by atoms with van der Waals surface area (Å²) in [4.78, 5) is 5.43. The maximum atomic E-state index is 5.61. The largest absolute Gasteiger partial charge is 0.376 e. The highest BCUT2D eigenvalue weighted by Gasteiger charge is 2.29. The number of hydrogen-bond donors (Lipinski definition) is 1. The Hall–Kier alpha value is -1.17. The highest BCUT2D eigenvalue weighted by Crippen LogP contribution is 2.32. The molecule has 1 fully saturated rings. The molecule has 4 heterocycles. The molecule has 0 aliphatic carbocycles. The Balaban J connectivity index is 1.45. The number of nitrogens with one attached hydrogen (secondary N) is 1. The number of likely N-dealkylation sites (tertiary alicyclic amines) is 1. The highest BCUT2D eigenvalue weighted by molar-refractivity contribution is 7.11. The van der Waals surface area contributed by atoms with E-state index in [-0.39, 0.29) is 0 Å². The van der Waals surface area contributed by atoms with Crippen LogP contribution in [0.4, 0.5) is 0 Å². The second-order valence-corrected chi connectivity index (χ2v) is 7.47. The molecule has 2 aliphatic rings. The van der Waals surface area contributed by atoms with Crippen molar-refractivity contribution in [2.24, 2.45) is 0 Å². The van der Waals surface area contributed by atoms with E-state index in [1.807, 2.05) is 11.3 Å². The Morgan fingerprint density at radius 3 is 3.29 bits per heavy atom. The molecule has 0 bridgehead atoms. The monoisotopic (exact) mass is 303 g/mol. The predicted molar refractivity (Wildman–Crippen MR) is 83.6 cm³/mol. The third-order valence-electron chi connectivity index (χ3n) is 4.56.